The molecule has 124 valence electrons. The first-order chi connectivity index (χ1) is 11.0. The first kappa shape index (κ1) is 15.2. The molecule has 0 bridgehead atoms. The number of carboxylic acids is 1. The predicted octanol–water partition coefficient (Wildman–Crippen LogP) is 4.00. The second-order valence-electron chi connectivity index (χ2n) is 8.38. The van der Waals surface area contributed by atoms with Crippen LogP contribution in [0.15, 0.2) is 23.8 Å². The monoisotopic (exact) mass is 314 g/mol. The highest BCUT2D eigenvalue weighted by atomic mass is 16.4. The predicted molar refractivity (Wildman–Crippen MR) is 87.7 cm³/mol. The fourth-order valence-corrected chi connectivity index (χ4v) is 6.31. The Morgan fingerprint density at radius 3 is 2.91 bits per heavy atom. The second kappa shape index (κ2) is 5.32. The standard InChI is InChI=1S/C20H26O3/c1-20-9-8-16-15-6-4-14(21)10-12(15)2-5-17(16)18(20)7-3-13(20)11-19(22)23/h2,5,10,13,15-18H,3-4,6-9,11H2,1H3,(H,22,23)/t13-,15+,16-,17-,18+,20-/m1/s1. The molecule has 0 aromatic heterocycles. The normalized spacial score (nSPS) is 45.0. The number of carboxylic acid groups (broad SMARTS) is 1. The summed E-state index contributed by atoms with van der Waals surface area (Å²) in [7, 11) is 0. The lowest BCUT2D eigenvalue weighted by molar-refractivity contribution is -0.139. The lowest BCUT2D eigenvalue weighted by atomic mass is 9.53. The van der Waals surface area contributed by atoms with E-state index in [1.807, 2.05) is 6.08 Å². The molecule has 0 radical (unpaired) electrons. The fourth-order valence-electron chi connectivity index (χ4n) is 6.31. The minimum absolute atomic E-state index is 0.190. The van der Waals surface area contributed by atoms with E-state index in [0.717, 1.165) is 19.3 Å². The molecule has 0 saturated heterocycles. The van der Waals surface area contributed by atoms with Crippen molar-refractivity contribution in [3.05, 3.63) is 23.8 Å². The van der Waals surface area contributed by atoms with Gasteiger partial charge in [0.25, 0.3) is 0 Å². The summed E-state index contributed by atoms with van der Waals surface area (Å²) in [4.78, 5) is 22.9. The smallest absolute Gasteiger partial charge is 0.303 e. The third-order valence-corrected chi connectivity index (χ3v) is 7.49. The molecule has 6 atom stereocenters. The molecule has 23 heavy (non-hydrogen) atoms. The van der Waals surface area contributed by atoms with Crippen LogP contribution in [0.5, 0.6) is 0 Å². The molecular formula is C20H26O3. The van der Waals surface area contributed by atoms with Crippen LogP contribution < -0.4 is 0 Å². The van der Waals surface area contributed by atoms with Gasteiger partial charge >= 0.3 is 5.97 Å². The molecule has 0 aromatic rings. The first-order valence-electron chi connectivity index (χ1n) is 9.13. The molecule has 4 rings (SSSR count). The van der Waals surface area contributed by atoms with E-state index < -0.39 is 5.97 Å². The van der Waals surface area contributed by atoms with Gasteiger partial charge in [-0.3, -0.25) is 9.59 Å². The zero-order chi connectivity index (χ0) is 16.2. The van der Waals surface area contributed by atoms with E-state index in [1.165, 1.54) is 18.4 Å². The Hall–Kier alpha value is -1.38. The van der Waals surface area contributed by atoms with Crippen molar-refractivity contribution in [2.24, 2.45) is 35.0 Å². The van der Waals surface area contributed by atoms with Crippen molar-refractivity contribution in [3.8, 4) is 0 Å². The molecule has 0 heterocycles. The molecule has 3 heteroatoms. The van der Waals surface area contributed by atoms with Crippen molar-refractivity contribution in [1.82, 2.24) is 0 Å². The lowest BCUT2D eigenvalue weighted by Gasteiger charge is -2.52. The van der Waals surface area contributed by atoms with Gasteiger partial charge < -0.3 is 5.11 Å². The van der Waals surface area contributed by atoms with Crippen molar-refractivity contribution >= 4 is 11.8 Å². The molecule has 0 amide bonds. The molecule has 1 N–H and O–H groups in total. The Labute approximate surface area is 137 Å². The Bertz CT molecular complexity index is 602. The number of allylic oxidation sites excluding steroid dienone is 4. The van der Waals surface area contributed by atoms with Gasteiger partial charge in [0.05, 0.1) is 0 Å². The maximum Gasteiger partial charge on any atom is 0.303 e. The third-order valence-electron chi connectivity index (χ3n) is 7.49. The van der Waals surface area contributed by atoms with Crippen molar-refractivity contribution in [1.29, 1.82) is 0 Å². The van der Waals surface area contributed by atoms with E-state index in [9.17, 15) is 14.7 Å². The number of carbonyl (C=O) groups excluding carboxylic acids is 1. The van der Waals surface area contributed by atoms with Crippen molar-refractivity contribution < 1.29 is 14.7 Å². The largest absolute Gasteiger partial charge is 0.481 e. The van der Waals surface area contributed by atoms with Gasteiger partial charge in [-0.2, -0.15) is 0 Å². The quantitative estimate of drug-likeness (QED) is 0.838. The van der Waals surface area contributed by atoms with Crippen molar-refractivity contribution in [2.45, 2.75) is 51.9 Å². The highest BCUT2D eigenvalue weighted by molar-refractivity contribution is 5.91. The first-order valence-corrected chi connectivity index (χ1v) is 9.13. The van der Waals surface area contributed by atoms with Crippen molar-refractivity contribution in [3.63, 3.8) is 0 Å². The van der Waals surface area contributed by atoms with Gasteiger partial charge in [-0.1, -0.05) is 19.1 Å². The highest BCUT2D eigenvalue weighted by Gasteiger charge is 2.55. The number of hydrogen-bond acceptors (Lipinski definition) is 2. The summed E-state index contributed by atoms with van der Waals surface area (Å²) in [6, 6.07) is 0. The van der Waals surface area contributed by atoms with Gasteiger partial charge in [0, 0.05) is 12.8 Å². The summed E-state index contributed by atoms with van der Waals surface area (Å²) in [5.41, 5.74) is 1.45. The van der Waals surface area contributed by atoms with Gasteiger partial charge in [0.2, 0.25) is 0 Å². The number of rotatable bonds is 2. The van der Waals surface area contributed by atoms with Crippen molar-refractivity contribution in [2.75, 3.05) is 0 Å². The summed E-state index contributed by atoms with van der Waals surface area (Å²) in [5.74, 6) is 2.41. The molecular weight excluding hydrogens is 288 g/mol. The van der Waals surface area contributed by atoms with Crippen LogP contribution in [0, 0.1) is 35.0 Å². The Morgan fingerprint density at radius 2 is 2.13 bits per heavy atom. The summed E-state index contributed by atoms with van der Waals surface area (Å²) < 4.78 is 0. The second-order valence-corrected chi connectivity index (χ2v) is 8.38. The van der Waals surface area contributed by atoms with Crippen LogP contribution in [-0.4, -0.2) is 16.9 Å². The number of hydrogen-bond donors (Lipinski definition) is 1. The van der Waals surface area contributed by atoms with E-state index in [1.54, 1.807) is 0 Å². The lowest BCUT2D eigenvalue weighted by Crippen LogP contribution is -2.45. The van der Waals surface area contributed by atoms with Crippen LogP contribution in [0.3, 0.4) is 0 Å². The summed E-state index contributed by atoms with van der Waals surface area (Å²) in [5, 5.41) is 9.24. The average Bonchev–Trinajstić information content (AvgIpc) is 2.83. The molecule has 4 aliphatic carbocycles. The summed E-state index contributed by atoms with van der Waals surface area (Å²) >= 11 is 0. The minimum atomic E-state index is -0.644. The summed E-state index contributed by atoms with van der Waals surface area (Å²) in [6.45, 7) is 2.35. The fraction of sp³-hybridized carbons (Fsp3) is 0.700. The molecule has 2 saturated carbocycles. The maximum atomic E-state index is 11.7. The number of ketones is 1. The Morgan fingerprint density at radius 1 is 1.30 bits per heavy atom. The van der Waals surface area contributed by atoms with Gasteiger partial charge in [-0.05, 0) is 78.8 Å². The SMILES string of the molecule is C[C@]12CC[C@H]3[C@@H](C=CC4=CC(=O)CC[C@@H]43)[C@@H]1CC[C@@H]2CC(=O)O. The topological polar surface area (TPSA) is 54.4 Å². The highest BCUT2D eigenvalue weighted by Crippen LogP contribution is 2.62. The van der Waals surface area contributed by atoms with Gasteiger partial charge in [0.1, 0.15) is 0 Å². The van der Waals surface area contributed by atoms with Crippen LogP contribution in [-0.2, 0) is 9.59 Å². The van der Waals surface area contributed by atoms with E-state index in [-0.39, 0.29) is 11.2 Å². The molecule has 0 aromatic carbocycles. The molecule has 0 aliphatic heterocycles. The summed E-state index contributed by atoms with van der Waals surface area (Å²) in [6.07, 6.45) is 13.1. The average molecular weight is 314 g/mol. The van der Waals surface area contributed by atoms with Gasteiger partial charge in [0.15, 0.2) is 5.78 Å². The van der Waals surface area contributed by atoms with E-state index >= 15 is 0 Å². The molecule has 0 spiro atoms. The minimum Gasteiger partial charge on any atom is -0.481 e. The Kier molecular flexibility index (Phi) is 3.51. The van der Waals surface area contributed by atoms with Gasteiger partial charge in [-0.15, -0.1) is 0 Å². The zero-order valence-corrected chi connectivity index (χ0v) is 13.8. The van der Waals surface area contributed by atoms with E-state index in [0.29, 0.717) is 42.4 Å². The third kappa shape index (κ3) is 2.31. The van der Waals surface area contributed by atoms with Crippen LogP contribution >= 0.6 is 0 Å². The molecule has 4 aliphatic rings. The number of aliphatic carboxylic acids is 1. The van der Waals surface area contributed by atoms with E-state index in [2.05, 4.69) is 19.1 Å². The Balaban J connectivity index is 1.62. The maximum absolute atomic E-state index is 11.7. The zero-order valence-electron chi connectivity index (χ0n) is 13.8. The van der Waals surface area contributed by atoms with Crippen LogP contribution in [0.1, 0.15) is 51.9 Å². The number of fused-ring (bicyclic) bond motifs is 5. The molecule has 0 unspecified atom stereocenters. The van der Waals surface area contributed by atoms with Crippen LogP contribution in [0.25, 0.3) is 0 Å². The number of carbonyl (C=O) groups is 2. The van der Waals surface area contributed by atoms with E-state index in [4.69, 9.17) is 0 Å². The molecule has 2 fully saturated rings. The molecule has 3 nitrogen and oxygen atoms in total. The van der Waals surface area contributed by atoms with Crippen LogP contribution in [0.4, 0.5) is 0 Å². The van der Waals surface area contributed by atoms with Gasteiger partial charge in [-0.25, -0.2) is 0 Å². The van der Waals surface area contributed by atoms with Crippen LogP contribution in [0.2, 0.25) is 0 Å².